The van der Waals surface area contributed by atoms with E-state index in [1.165, 1.54) is 16.7 Å². The van der Waals surface area contributed by atoms with Crippen molar-refractivity contribution < 1.29 is 0 Å². The standard InChI is InChI=1S/C25H24N4S/c1-17-7-8-19(3)23(12-17)28-25-29(27-15-21-6-5-11-26-14-21)24(16-30-25)22-10-9-18(2)20(4)13-22/h5-16H,1-4H3. The van der Waals surface area contributed by atoms with Gasteiger partial charge in [0.2, 0.25) is 4.80 Å². The minimum Gasteiger partial charge on any atom is -0.264 e. The molecule has 0 amide bonds. The number of hydrogen-bond acceptors (Lipinski definition) is 4. The molecule has 2 aromatic heterocycles. The first-order valence-corrected chi connectivity index (χ1v) is 10.7. The molecule has 4 aromatic rings. The average Bonchev–Trinajstić information content (AvgIpc) is 3.14. The van der Waals surface area contributed by atoms with Gasteiger partial charge in [-0.15, -0.1) is 11.3 Å². The van der Waals surface area contributed by atoms with Gasteiger partial charge in [0, 0.05) is 28.9 Å². The van der Waals surface area contributed by atoms with Crippen LogP contribution in [0, 0.1) is 27.7 Å². The number of thiazole rings is 1. The van der Waals surface area contributed by atoms with E-state index in [1.54, 1.807) is 23.7 Å². The fourth-order valence-corrected chi connectivity index (χ4v) is 3.96. The van der Waals surface area contributed by atoms with Crippen molar-refractivity contribution in [2.75, 3.05) is 0 Å². The molecule has 0 atom stereocenters. The number of aromatic nitrogens is 2. The van der Waals surface area contributed by atoms with E-state index >= 15 is 0 Å². The van der Waals surface area contributed by atoms with Crippen LogP contribution >= 0.6 is 11.3 Å². The fourth-order valence-electron chi connectivity index (χ4n) is 3.11. The first-order chi connectivity index (χ1) is 14.5. The Morgan fingerprint density at radius 1 is 0.933 bits per heavy atom. The molecule has 30 heavy (non-hydrogen) atoms. The second-order valence-corrected chi connectivity index (χ2v) is 8.28. The zero-order chi connectivity index (χ0) is 21.1. The molecule has 0 radical (unpaired) electrons. The topological polar surface area (TPSA) is 42.5 Å². The summed E-state index contributed by atoms with van der Waals surface area (Å²) in [4.78, 5) is 9.96. The molecule has 5 heteroatoms. The predicted octanol–water partition coefficient (Wildman–Crippen LogP) is 5.96. The highest BCUT2D eigenvalue weighted by atomic mass is 32.1. The number of rotatable bonds is 4. The monoisotopic (exact) mass is 412 g/mol. The maximum atomic E-state index is 4.95. The number of hydrogen-bond donors (Lipinski definition) is 0. The van der Waals surface area contributed by atoms with Gasteiger partial charge in [-0.3, -0.25) is 4.98 Å². The molecule has 0 saturated heterocycles. The van der Waals surface area contributed by atoms with Gasteiger partial charge in [-0.1, -0.05) is 30.3 Å². The van der Waals surface area contributed by atoms with Crippen molar-refractivity contribution in [3.05, 3.63) is 98.9 Å². The van der Waals surface area contributed by atoms with Crippen LogP contribution in [0.2, 0.25) is 0 Å². The van der Waals surface area contributed by atoms with Crippen molar-refractivity contribution in [2.45, 2.75) is 27.7 Å². The molecule has 4 nitrogen and oxygen atoms in total. The van der Waals surface area contributed by atoms with E-state index in [0.717, 1.165) is 32.9 Å². The summed E-state index contributed by atoms with van der Waals surface area (Å²) in [7, 11) is 0. The number of benzene rings is 2. The third-order valence-electron chi connectivity index (χ3n) is 5.08. The minimum absolute atomic E-state index is 0.831. The lowest BCUT2D eigenvalue weighted by Crippen LogP contribution is -2.11. The molecule has 0 N–H and O–H groups in total. The highest BCUT2D eigenvalue weighted by Gasteiger charge is 2.09. The van der Waals surface area contributed by atoms with Crippen LogP contribution < -0.4 is 4.80 Å². The van der Waals surface area contributed by atoms with Gasteiger partial charge < -0.3 is 0 Å². The molecule has 2 aromatic carbocycles. The van der Waals surface area contributed by atoms with Crippen LogP contribution in [0.25, 0.3) is 11.3 Å². The van der Waals surface area contributed by atoms with Gasteiger partial charge in [-0.2, -0.15) is 5.10 Å². The number of aryl methyl sites for hydroxylation is 4. The summed E-state index contributed by atoms with van der Waals surface area (Å²) in [6, 6.07) is 16.7. The van der Waals surface area contributed by atoms with Crippen molar-refractivity contribution in [2.24, 2.45) is 10.1 Å². The lowest BCUT2D eigenvalue weighted by atomic mass is 10.1. The molecule has 150 valence electrons. The summed E-state index contributed by atoms with van der Waals surface area (Å²) in [5, 5.41) is 6.90. The van der Waals surface area contributed by atoms with Crippen molar-refractivity contribution in [1.82, 2.24) is 9.66 Å². The van der Waals surface area contributed by atoms with Crippen LogP contribution in [0.5, 0.6) is 0 Å². The largest absolute Gasteiger partial charge is 0.264 e. The molecule has 2 heterocycles. The smallest absolute Gasteiger partial charge is 0.211 e. The van der Waals surface area contributed by atoms with Crippen molar-refractivity contribution in [3.63, 3.8) is 0 Å². The fraction of sp³-hybridized carbons (Fsp3) is 0.160. The van der Waals surface area contributed by atoms with Crippen LogP contribution in [0.3, 0.4) is 0 Å². The molecule has 0 aliphatic rings. The molecule has 0 spiro atoms. The lowest BCUT2D eigenvalue weighted by Gasteiger charge is -2.07. The first-order valence-electron chi connectivity index (χ1n) is 9.86. The Kier molecular flexibility index (Phi) is 5.72. The van der Waals surface area contributed by atoms with E-state index in [2.05, 4.69) is 74.5 Å². The predicted molar refractivity (Wildman–Crippen MR) is 126 cm³/mol. The van der Waals surface area contributed by atoms with E-state index in [4.69, 9.17) is 10.1 Å². The van der Waals surface area contributed by atoms with Gasteiger partial charge in [-0.05, 0) is 68.1 Å². The summed E-state index contributed by atoms with van der Waals surface area (Å²) in [5.74, 6) is 0. The molecular formula is C25H24N4S. The summed E-state index contributed by atoms with van der Waals surface area (Å²) in [6.07, 6.45) is 5.39. The van der Waals surface area contributed by atoms with E-state index in [-0.39, 0.29) is 0 Å². The van der Waals surface area contributed by atoms with E-state index in [9.17, 15) is 0 Å². The maximum absolute atomic E-state index is 4.95. The van der Waals surface area contributed by atoms with Crippen LogP contribution in [0.1, 0.15) is 27.8 Å². The summed E-state index contributed by atoms with van der Waals surface area (Å²) in [5.41, 5.74) is 8.93. The second-order valence-electron chi connectivity index (χ2n) is 7.45. The van der Waals surface area contributed by atoms with E-state index in [1.807, 2.05) is 23.0 Å². The third-order valence-corrected chi connectivity index (χ3v) is 5.89. The van der Waals surface area contributed by atoms with Crippen LogP contribution in [-0.4, -0.2) is 15.9 Å². The number of nitrogens with zero attached hydrogens (tertiary/aromatic N) is 4. The van der Waals surface area contributed by atoms with E-state index < -0.39 is 0 Å². The zero-order valence-corrected chi connectivity index (χ0v) is 18.4. The highest BCUT2D eigenvalue weighted by Crippen LogP contribution is 2.24. The van der Waals surface area contributed by atoms with Crippen molar-refractivity contribution in [3.8, 4) is 11.3 Å². The molecule has 0 unspecified atom stereocenters. The minimum atomic E-state index is 0.831. The Balaban J connectivity index is 1.89. The highest BCUT2D eigenvalue weighted by molar-refractivity contribution is 7.07. The summed E-state index contributed by atoms with van der Waals surface area (Å²) < 4.78 is 1.92. The van der Waals surface area contributed by atoms with Gasteiger partial charge in [-0.25, -0.2) is 9.67 Å². The average molecular weight is 413 g/mol. The van der Waals surface area contributed by atoms with Gasteiger partial charge in [0.15, 0.2) is 0 Å². The molecule has 4 rings (SSSR count). The van der Waals surface area contributed by atoms with Gasteiger partial charge in [0.1, 0.15) is 0 Å². The molecule has 0 aliphatic heterocycles. The Hall–Kier alpha value is -3.31. The quantitative estimate of drug-likeness (QED) is 0.381. The third kappa shape index (κ3) is 4.31. The van der Waals surface area contributed by atoms with Crippen LogP contribution in [-0.2, 0) is 0 Å². The van der Waals surface area contributed by atoms with Crippen LogP contribution in [0.15, 0.2) is 76.4 Å². The van der Waals surface area contributed by atoms with Gasteiger partial charge in [0.05, 0.1) is 17.6 Å². The summed E-state index contributed by atoms with van der Waals surface area (Å²) in [6.45, 7) is 8.43. The number of pyridine rings is 1. The van der Waals surface area contributed by atoms with Gasteiger partial charge in [0.25, 0.3) is 0 Å². The Morgan fingerprint density at radius 2 is 1.77 bits per heavy atom. The zero-order valence-electron chi connectivity index (χ0n) is 17.6. The lowest BCUT2D eigenvalue weighted by molar-refractivity contribution is 0.854. The SMILES string of the molecule is Cc1ccc(C)c(N=c2scc(-c3ccc(C)c(C)c3)n2N=Cc2cccnc2)c1. The van der Waals surface area contributed by atoms with Gasteiger partial charge >= 0.3 is 0 Å². The first kappa shape index (κ1) is 20.0. The maximum Gasteiger partial charge on any atom is 0.211 e. The Labute approximate surface area is 180 Å². The summed E-state index contributed by atoms with van der Waals surface area (Å²) >= 11 is 1.59. The molecule has 0 saturated carbocycles. The molecular weight excluding hydrogens is 388 g/mol. The second kappa shape index (κ2) is 8.59. The molecule has 0 aliphatic carbocycles. The Morgan fingerprint density at radius 3 is 2.53 bits per heavy atom. The molecule has 0 bridgehead atoms. The van der Waals surface area contributed by atoms with Crippen molar-refractivity contribution in [1.29, 1.82) is 0 Å². The van der Waals surface area contributed by atoms with E-state index in [0.29, 0.717) is 0 Å². The molecule has 0 fully saturated rings. The normalized spacial score (nSPS) is 12.1. The van der Waals surface area contributed by atoms with Crippen LogP contribution in [0.4, 0.5) is 5.69 Å². The van der Waals surface area contributed by atoms with Crippen molar-refractivity contribution >= 4 is 23.2 Å². The Bertz CT molecular complexity index is 1280.